The summed E-state index contributed by atoms with van der Waals surface area (Å²) in [6.45, 7) is 0. The average molecular weight is 470 g/mol. The number of rotatable bonds is 2. The number of anilines is 1. The molecule has 0 saturated carbocycles. The summed E-state index contributed by atoms with van der Waals surface area (Å²) in [5.41, 5.74) is 2.23. The van der Waals surface area contributed by atoms with Crippen molar-refractivity contribution in [1.29, 1.82) is 0 Å². The zero-order chi connectivity index (χ0) is 15.7. The Morgan fingerprint density at radius 1 is 1.27 bits per heavy atom. The van der Waals surface area contributed by atoms with Gasteiger partial charge in [0, 0.05) is 15.6 Å². The van der Waals surface area contributed by atoms with Gasteiger partial charge in [0.2, 0.25) is 0 Å². The largest absolute Gasteiger partial charge is 0.506 e. The third-order valence-electron chi connectivity index (χ3n) is 3.06. The lowest BCUT2D eigenvalue weighted by atomic mass is 10.1. The van der Waals surface area contributed by atoms with Crippen molar-refractivity contribution in [2.45, 2.75) is 0 Å². The van der Waals surface area contributed by atoms with Crippen molar-refractivity contribution in [3.05, 3.63) is 55.6 Å². The van der Waals surface area contributed by atoms with Gasteiger partial charge in [0.25, 0.3) is 5.91 Å². The molecule has 110 valence electrons. The van der Waals surface area contributed by atoms with E-state index >= 15 is 0 Å². The third-order valence-corrected chi connectivity index (χ3v) is 4.34. The van der Waals surface area contributed by atoms with E-state index in [2.05, 4.69) is 31.4 Å². The van der Waals surface area contributed by atoms with Gasteiger partial charge in [0.1, 0.15) is 5.75 Å². The first-order valence-electron chi connectivity index (χ1n) is 6.26. The maximum atomic E-state index is 11.9. The highest BCUT2D eigenvalue weighted by Gasteiger charge is 2.25. The molecule has 0 aromatic heterocycles. The minimum atomic E-state index is -0.286. The second-order valence-corrected chi connectivity index (χ2v) is 6.60. The predicted octanol–water partition coefficient (Wildman–Crippen LogP) is 3.53. The standard InChI is InChI=1S/C15H9BrIN3O2/c16-9-5-8(14(21)11(17)6-9)7-18-20-13-10-3-1-2-4-12(10)19-15(13)22/h1-7,21H,(H,19,20,22)/b18-7+. The quantitative estimate of drug-likeness (QED) is 0.401. The van der Waals surface area contributed by atoms with Crippen LogP contribution in [0.4, 0.5) is 5.69 Å². The lowest BCUT2D eigenvalue weighted by molar-refractivity contribution is -0.110. The van der Waals surface area contributed by atoms with Gasteiger partial charge < -0.3 is 10.4 Å². The maximum absolute atomic E-state index is 11.9. The molecule has 2 N–H and O–H groups in total. The molecule has 0 aliphatic carbocycles. The Hall–Kier alpha value is -1.74. The molecule has 1 heterocycles. The van der Waals surface area contributed by atoms with Gasteiger partial charge in [-0.2, -0.15) is 5.10 Å². The number of fused-ring (bicyclic) bond motifs is 1. The number of benzene rings is 2. The Balaban J connectivity index is 1.93. The number of carbonyl (C=O) groups is 1. The summed E-state index contributed by atoms with van der Waals surface area (Å²) in [5.74, 6) is -0.157. The van der Waals surface area contributed by atoms with Crippen LogP contribution in [0.25, 0.3) is 0 Å². The molecule has 22 heavy (non-hydrogen) atoms. The molecule has 2 aromatic carbocycles. The van der Waals surface area contributed by atoms with E-state index in [0.29, 0.717) is 9.13 Å². The van der Waals surface area contributed by atoms with Crippen LogP contribution in [0, 0.1) is 3.57 Å². The lowest BCUT2D eigenvalue weighted by Gasteiger charge is -2.01. The number of hydrogen-bond acceptors (Lipinski definition) is 4. The van der Waals surface area contributed by atoms with E-state index < -0.39 is 0 Å². The van der Waals surface area contributed by atoms with Gasteiger partial charge in [-0.1, -0.05) is 34.1 Å². The molecule has 1 aliphatic rings. The van der Waals surface area contributed by atoms with Crippen LogP contribution in [0.5, 0.6) is 5.75 Å². The van der Waals surface area contributed by atoms with Crippen LogP contribution in [-0.2, 0) is 4.79 Å². The van der Waals surface area contributed by atoms with Gasteiger partial charge in [-0.15, -0.1) is 5.10 Å². The van der Waals surface area contributed by atoms with Crippen molar-refractivity contribution in [1.82, 2.24) is 0 Å². The molecule has 0 saturated heterocycles. The van der Waals surface area contributed by atoms with E-state index in [4.69, 9.17) is 0 Å². The van der Waals surface area contributed by atoms with E-state index in [-0.39, 0.29) is 17.4 Å². The Morgan fingerprint density at radius 2 is 2.05 bits per heavy atom. The molecule has 5 nitrogen and oxygen atoms in total. The highest BCUT2D eigenvalue weighted by Crippen LogP contribution is 2.27. The average Bonchev–Trinajstić information content (AvgIpc) is 2.80. The summed E-state index contributed by atoms with van der Waals surface area (Å²) < 4.78 is 1.53. The second-order valence-electron chi connectivity index (χ2n) is 4.52. The molecular formula is C15H9BrIN3O2. The Kier molecular flexibility index (Phi) is 4.25. The Morgan fingerprint density at radius 3 is 2.86 bits per heavy atom. The van der Waals surface area contributed by atoms with E-state index in [1.54, 1.807) is 18.2 Å². The van der Waals surface area contributed by atoms with E-state index in [0.717, 1.165) is 15.7 Å². The molecule has 0 radical (unpaired) electrons. The van der Waals surface area contributed by atoms with Crippen molar-refractivity contribution in [3.8, 4) is 5.75 Å². The maximum Gasteiger partial charge on any atom is 0.276 e. The zero-order valence-electron chi connectivity index (χ0n) is 11.0. The van der Waals surface area contributed by atoms with Crippen LogP contribution in [0.2, 0.25) is 0 Å². The molecule has 1 amide bonds. The molecule has 0 unspecified atom stereocenters. The minimum absolute atomic E-state index is 0.129. The van der Waals surface area contributed by atoms with Gasteiger partial charge in [0.05, 0.1) is 15.5 Å². The fourth-order valence-corrected chi connectivity index (χ4v) is 3.59. The summed E-state index contributed by atoms with van der Waals surface area (Å²) >= 11 is 5.39. The molecule has 0 fully saturated rings. The SMILES string of the molecule is O=C1Nc2ccccc2/C1=N/N=C/c1cc(Br)cc(I)c1O. The first-order valence-corrected chi connectivity index (χ1v) is 8.13. The van der Waals surface area contributed by atoms with Crippen LogP contribution in [-0.4, -0.2) is 22.9 Å². The molecule has 1 aliphatic heterocycles. The van der Waals surface area contributed by atoms with Gasteiger partial charge in [-0.25, -0.2) is 0 Å². The van der Waals surface area contributed by atoms with E-state index in [1.165, 1.54) is 6.21 Å². The van der Waals surface area contributed by atoms with Crippen molar-refractivity contribution >= 4 is 62.0 Å². The molecule has 2 aromatic rings. The van der Waals surface area contributed by atoms with Crippen LogP contribution in [0.15, 0.2) is 51.1 Å². The van der Waals surface area contributed by atoms with Gasteiger partial charge in [-0.3, -0.25) is 4.79 Å². The van der Waals surface area contributed by atoms with E-state index in [9.17, 15) is 9.90 Å². The van der Waals surface area contributed by atoms with Crippen LogP contribution in [0.3, 0.4) is 0 Å². The number of carbonyl (C=O) groups excluding carboxylic acids is 1. The summed E-state index contributed by atoms with van der Waals surface area (Å²) in [7, 11) is 0. The molecule has 3 rings (SSSR count). The van der Waals surface area contributed by atoms with Gasteiger partial charge >= 0.3 is 0 Å². The number of nitrogens with one attached hydrogen (secondary N) is 1. The smallest absolute Gasteiger partial charge is 0.276 e. The number of aromatic hydroxyl groups is 1. The summed E-state index contributed by atoms with van der Waals surface area (Å²) in [6, 6.07) is 10.8. The molecular weight excluding hydrogens is 461 g/mol. The fourth-order valence-electron chi connectivity index (χ4n) is 2.03. The number of phenolic OH excluding ortho intramolecular Hbond substituents is 1. The first kappa shape index (κ1) is 15.2. The fraction of sp³-hybridized carbons (Fsp3) is 0. The van der Waals surface area contributed by atoms with Gasteiger partial charge in [0.15, 0.2) is 5.71 Å². The summed E-state index contributed by atoms with van der Waals surface area (Å²) in [4.78, 5) is 11.9. The Bertz CT molecular complexity index is 834. The number of halogens is 2. The van der Waals surface area contributed by atoms with Crippen LogP contribution >= 0.6 is 38.5 Å². The van der Waals surface area contributed by atoms with Crippen molar-refractivity contribution < 1.29 is 9.90 Å². The number of hydrogen-bond donors (Lipinski definition) is 2. The lowest BCUT2D eigenvalue weighted by Crippen LogP contribution is -2.13. The van der Waals surface area contributed by atoms with Crippen molar-refractivity contribution in [2.75, 3.05) is 5.32 Å². The molecule has 0 bridgehead atoms. The summed E-state index contributed by atoms with van der Waals surface area (Å²) in [5, 5.41) is 20.6. The second kappa shape index (κ2) is 6.17. The molecule has 0 spiro atoms. The highest BCUT2D eigenvalue weighted by molar-refractivity contribution is 14.1. The predicted molar refractivity (Wildman–Crippen MR) is 97.7 cm³/mol. The van der Waals surface area contributed by atoms with Crippen molar-refractivity contribution in [3.63, 3.8) is 0 Å². The monoisotopic (exact) mass is 469 g/mol. The molecule has 7 heteroatoms. The Labute approximate surface area is 148 Å². The number of nitrogens with zero attached hydrogens (tertiary/aromatic N) is 2. The highest BCUT2D eigenvalue weighted by atomic mass is 127. The number of phenols is 1. The van der Waals surface area contributed by atoms with Crippen LogP contribution in [0.1, 0.15) is 11.1 Å². The molecule has 0 atom stereocenters. The topological polar surface area (TPSA) is 74.0 Å². The number of amides is 1. The van der Waals surface area contributed by atoms with Crippen molar-refractivity contribution in [2.24, 2.45) is 10.2 Å². The normalized spacial score (nSPS) is 15.4. The van der Waals surface area contributed by atoms with Gasteiger partial charge in [-0.05, 0) is 40.8 Å². The van der Waals surface area contributed by atoms with Crippen LogP contribution < -0.4 is 5.32 Å². The third kappa shape index (κ3) is 2.91. The van der Waals surface area contributed by atoms with E-state index in [1.807, 2.05) is 40.8 Å². The first-order chi connectivity index (χ1) is 10.6. The number of para-hydroxylation sites is 1. The summed E-state index contributed by atoms with van der Waals surface area (Å²) in [6.07, 6.45) is 1.42. The minimum Gasteiger partial charge on any atom is -0.506 e. The zero-order valence-corrected chi connectivity index (χ0v) is 14.8.